The fraction of sp³-hybridized carbons (Fsp3) is 0.500. The Labute approximate surface area is 102 Å². The average Bonchev–Trinajstić information content (AvgIpc) is 2.33. The molecule has 1 aliphatic rings. The molecule has 0 radical (unpaired) electrons. The van der Waals surface area contributed by atoms with Crippen LogP contribution in [-0.2, 0) is 0 Å². The van der Waals surface area contributed by atoms with Gasteiger partial charge in [-0.25, -0.2) is 0 Å². The lowest BCUT2D eigenvalue weighted by Crippen LogP contribution is -2.47. The number of likely N-dealkylation sites (tertiary alicyclic amines) is 1. The number of ether oxygens (including phenoxy) is 1. The number of carbonyl (C=O) groups is 1. The predicted octanol–water partition coefficient (Wildman–Crippen LogP) is 2.22. The van der Waals surface area contributed by atoms with E-state index >= 15 is 0 Å². The van der Waals surface area contributed by atoms with Gasteiger partial charge in [0.25, 0.3) is 0 Å². The van der Waals surface area contributed by atoms with Gasteiger partial charge >= 0.3 is 0 Å². The van der Waals surface area contributed by atoms with Crippen LogP contribution in [0.1, 0.15) is 23.7 Å². The van der Waals surface area contributed by atoms with Crippen molar-refractivity contribution in [3.63, 3.8) is 0 Å². The van der Waals surface area contributed by atoms with Crippen molar-refractivity contribution in [1.29, 1.82) is 0 Å². The molecule has 92 valence electrons. The number of hydrogen-bond acceptors (Lipinski definition) is 3. The van der Waals surface area contributed by atoms with Crippen molar-refractivity contribution < 1.29 is 9.53 Å². The lowest BCUT2D eigenvalue weighted by molar-refractivity contribution is 0.0806. The van der Waals surface area contributed by atoms with E-state index in [2.05, 4.69) is 11.8 Å². The van der Waals surface area contributed by atoms with Crippen LogP contribution in [0.15, 0.2) is 24.3 Å². The van der Waals surface area contributed by atoms with Crippen molar-refractivity contribution in [2.75, 3.05) is 26.2 Å². The smallest absolute Gasteiger partial charge is 0.150 e. The third-order valence-corrected chi connectivity index (χ3v) is 3.30. The second kappa shape index (κ2) is 5.82. The first-order valence-electron chi connectivity index (χ1n) is 6.22. The van der Waals surface area contributed by atoms with Crippen LogP contribution in [-0.4, -0.2) is 37.4 Å². The van der Waals surface area contributed by atoms with Gasteiger partial charge < -0.3 is 4.74 Å². The molecule has 1 aliphatic heterocycles. The second-order valence-corrected chi connectivity index (χ2v) is 4.57. The zero-order valence-electron chi connectivity index (χ0n) is 10.3. The van der Waals surface area contributed by atoms with E-state index < -0.39 is 0 Å². The summed E-state index contributed by atoms with van der Waals surface area (Å²) in [4.78, 5) is 12.9. The van der Waals surface area contributed by atoms with E-state index in [0.717, 1.165) is 31.1 Å². The molecule has 0 N–H and O–H groups in total. The van der Waals surface area contributed by atoms with Crippen LogP contribution in [0.2, 0.25) is 0 Å². The Kier molecular flexibility index (Phi) is 4.15. The van der Waals surface area contributed by atoms with E-state index in [9.17, 15) is 4.79 Å². The first kappa shape index (κ1) is 12.1. The van der Waals surface area contributed by atoms with Gasteiger partial charge in [0.2, 0.25) is 0 Å². The summed E-state index contributed by atoms with van der Waals surface area (Å²) < 4.78 is 5.62. The maximum absolute atomic E-state index is 10.5. The normalized spacial score (nSPS) is 16.5. The highest BCUT2D eigenvalue weighted by atomic mass is 16.5. The minimum absolute atomic E-state index is 0.686. The number of hydrogen-bond donors (Lipinski definition) is 0. The van der Waals surface area contributed by atoms with Gasteiger partial charge in [0.15, 0.2) is 0 Å². The van der Waals surface area contributed by atoms with Crippen molar-refractivity contribution in [1.82, 2.24) is 4.90 Å². The molecule has 1 heterocycles. The third-order valence-electron chi connectivity index (χ3n) is 3.30. The van der Waals surface area contributed by atoms with Gasteiger partial charge in [-0.2, -0.15) is 0 Å². The quantitative estimate of drug-likeness (QED) is 0.706. The highest BCUT2D eigenvalue weighted by molar-refractivity contribution is 5.74. The van der Waals surface area contributed by atoms with Crippen molar-refractivity contribution in [2.45, 2.75) is 13.3 Å². The Bertz CT molecular complexity index is 355. The molecule has 1 fully saturated rings. The highest BCUT2D eigenvalue weighted by Crippen LogP contribution is 2.18. The lowest BCUT2D eigenvalue weighted by Gasteiger charge is -2.38. The van der Waals surface area contributed by atoms with Crippen LogP contribution in [0.4, 0.5) is 0 Å². The molecule has 0 unspecified atom stereocenters. The second-order valence-electron chi connectivity index (χ2n) is 4.57. The summed E-state index contributed by atoms with van der Waals surface area (Å²) in [6.45, 7) is 6.38. The largest absolute Gasteiger partial charge is 0.492 e. The van der Waals surface area contributed by atoms with Crippen molar-refractivity contribution in [2.24, 2.45) is 5.92 Å². The minimum atomic E-state index is 0.686. The zero-order chi connectivity index (χ0) is 12.1. The highest BCUT2D eigenvalue weighted by Gasteiger charge is 2.24. The van der Waals surface area contributed by atoms with Gasteiger partial charge in [-0.15, -0.1) is 0 Å². The molecule has 1 aromatic carbocycles. The predicted molar refractivity (Wildman–Crippen MR) is 67.5 cm³/mol. The number of carbonyl (C=O) groups excluding carboxylic acids is 1. The summed E-state index contributed by atoms with van der Waals surface area (Å²) in [6.07, 6.45) is 2.12. The maximum Gasteiger partial charge on any atom is 0.150 e. The average molecular weight is 233 g/mol. The summed E-state index contributed by atoms with van der Waals surface area (Å²) in [5, 5.41) is 0. The molecule has 2 rings (SSSR count). The van der Waals surface area contributed by atoms with Crippen molar-refractivity contribution in [3.8, 4) is 5.75 Å². The summed E-state index contributed by atoms with van der Waals surface area (Å²) in [6, 6.07) is 7.24. The van der Waals surface area contributed by atoms with Crippen LogP contribution in [0, 0.1) is 5.92 Å². The summed E-state index contributed by atoms with van der Waals surface area (Å²) >= 11 is 0. The molecule has 17 heavy (non-hydrogen) atoms. The third kappa shape index (κ3) is 3.30. The maximum atomic E-state index is 10.5. The Morgan fingerprint density at radius 2 is 2.06 bits per heavy atom. The molecule has 0 aliphatic carbocycles. The fourth-order valence-corrected chi connectivity index (χ4v) is 2.05. The van der Waals surface area contributed by atoms with Crippen LogP contribution in [0.5, 0.6) is 5.75 Å². The van der Waals surface area contributed by atoms with E-state index in [4.69, 9.17) is 4.74 Å². The molecule has 0 saturated carbocycles. The van der Waals surface area contributed by atoms with E-state index in [1.807, 2.05) is 12.1 Å². The Hall–Kier alpha value is -1.35. The van der Waals surface area contributed by atoms with Crippen molar-refractivity contribution in [3.05, 3.63) is 29.8 Å². The first-order valence-corrected chi connectivity index (χ1v) is 6.22. The number of nitrogens with zero attached hydrogens (tertiary/aromatic N) is 1. The molecule has 0 aromatic heterocycles. The van der Waals surface area contributed by atoms with Gasteiger partial charge in [-0.05, 0) is 30.2 Å². The summed E-state index contributed by atoms with van der Waals surface area (Å²) in [5.74, 6) is 1.73. The monoisotopic (exact) mass is 233 g/mol. The first-order chi connectivity index (χ1) is 8.31. The van der Waals surface area contributed by atoms with E-state index in [1.54, 1.807) is 12.1 Å². The number of rotatable bonds is 6. The molecule has 1 saturated heterocycles. The molecule has 0 amide bonds. The van der Waals surface area contributed by atoms with Gasteiger partial charge in [0.1, 0.15) is 18.6 Å². The lowest BCUT2D eigenvalue weighted by atomic mass is 9.98. The molecule has 0 spiro atoms. The van der Waals surface area contributed by atoms with Gasteiger partial charge in [-0.3, -0.25) is 9.69 Å². The van der Waals surface area contributed by atoms with Crippen LogP contribution >= 0.6 is 0 Å². The Balaban J connectivity index is 1.66. The van der Waals surface area contributed by atoms with Crippen LogP contribution in [0.25, 0.3) is 0 Å². The van der Waals surface area contributed by atoms with Gasteiger partial charge in [0, 0.05) is 25.2 Å². The molecular weight excluding hydrogens is 214 g/mol. The molecule has 0 bridgehead atoms. The Morgan fingerprint density at radius 1 is 1.35 bits per heavy atom. The molecule has 3 nitrogen and oxygen atoms in total. The Morgan fingerprint density at radius 3 is 2.65 bits per heavy atom. The number of aldehydes is 1. The zero-order valence-corrected chi connectivity index (χ0v) is 10.3. The minimum Gasteiger partial charge on any atom is -0.492 e. The SMILES string of the molecule is CCC1CN(CCOc2ccc(C=O)cc2)C1. The molecular formula is C14H19NO2. The summed E-state index contributed by atoms with van der Waals surface area (Å²) in [7, 11) is 0. The van der Waals surface area contributed by atoms with Gasteiger partial charge in [0.05, 0.1) is 0 Å². The fourth-order valence-electron chi connectivity index (χ4n) is 2.05. The van der Waals surface area contributed by atoms with Crippen LogP contribution in [0.3, 0.4) is 0 Å². The van der Waals surface area contributed by atoms with E-state index in [-0.39, 0.29) is 0 Å². The molecule has 1 aromatic rings. The summed E-state index contributed by atoms with van der Waals surface area (Å²) in [5.41, 5.74) is 0.686. The van der Waals surface area contributed by atoms with E-state index in [0.29, 0.717) is 5.56 Å². The number of benzene rings is 1. The van der Waals surface area contributed by atoms with E-state index in [1.165, 1.54) is 19.5 Å². The standard InChI is InChI=1S/C14H19NO2/c1-2-12-9-15(10-12)7-8-17-14-5-3-13(11-16)4-6-14/h3-6,11-12H,2,7-10H2,1H3. The topological polar surface area (TPSA) is 29.5 Å². The van der Waals surface area contributed by atoms with Crippen molar-refractivity contribution >= 4 is 6.29 Å². The van der Waals surface area contributed by atoms with Crippen LogP contribution < -0.4 is 4.74 Å². The van der Waals surface area contributed by atoms with Gasteiger partial charge in [-0.1, -0.05) is 13.3 Å². The molecule has 0 atom stereocenters. The molecule has 3 heteroatoms.